The molecule has 0 atom stereocenters. The Kier molecular flexibility index (Phi) is 4.18. The zero-order valence-electron chi connectivity index (χ0n) is 11.8. The third-order valence-corrected chi connectivity index (χ3v) is 4.14. The topological polar surface area (TPSA) is 17.8 Å². The molecule has 0 aliphatic rings. The highest BCUT2D eigenvalue weighted by molar-refractivity contribution is 6.31. The quantitative estimate of drug-likeness (QED) is 0.630. The molecule has 0 aliphatic heterocycles. The van der Waals surface area contributed by atoms with Gasteiger partial charge >= 0.3 is 0 Å². The van der Waals surface area contributed by atoms with Crippen molar-refractivity contribution in [3.63, 3.8) is 0 Å². The van der Waals surface area contributed by atoms with Crippen molar-refractivity contribution in [3.8, 4) is 0 Å². The van der Waals surface area contributed by atoms with Crippen LogP contribution in [0.5, 0.6) is 0 Å². The summed E-state index contributed by atoms with van der Waals surface area (Å²) in [5, 5.41) is 0.781. The first-order valence-electron chi connectivity index (χ1n) is 6.94. The second-order valence-corrected chi connectivity index (χ2v) is 5.92. The van der Waals surface area contributed by atoms with Gasteiger partial charge in [-0.15, -0.1) is 11.6 Å². The average molecular weight is 319 g/mol. The van der Waals surface area contributed by atoms with Crippen molar-refractivity contribution in [3.05, 3.63) is 64.4 Å². The van der Waals surface area contributed by atoms with Crippen LogP contribution in [0.2, 0.25) is 5.02 Å². The minimum atomic E-state index is 0.560. The van der Waals surface area contributed by atoms with Gasteiger partial charge in [0, 0.05) is 17.3 Å². The van der Waals surface area contributed by atoms with Crippen LogP contribution in [0.4, 0.5) is 0 Å². The Labute approximate surface area is 134 Å². The second-order valence-electron chi connectivity index (χ2n) is 5.14. The molecular formula is C17H16Cl2N2. The highest BCUT2D eigenvalue weighted by atomic mass is 35.5. The molecule has 4 heteroatoms. The Hall–Kier alpha value is -1.51. The van der Waals surface area contributed by atoms with Crippen molar-refractivity contribution in [1.82, 2.24) is 9.55 Å². The molecule has 2 aromatic carbocycles. The van der Waals surface area contributed by atoms with Crippen LogP contribution < -0.4 is 0 Å². The van der Waals surface area contributed by atoms with Gasteiger partial charge in [-0.05, 0) is 36.2 Å². The van der Waals surface area contributed by atoms with E-state index < -0.39 is 0 Å². The van der Waals surface area contributed by atoms with Crippen LogP contribution in [0.25, 0.3) is 11.0 Å². The van der Waals surface area contributed by atoms with Crippen molar-refractivity contribution in [2.24, 2.45) is 0 Å². The SMILES string of the molecule is Cc1ccc2c(c1)nc(CCCl)n2Cc1ccccc1Cl. The van der Waals surface area contributed by atoms with Crippen molar-refractivity contribution >= 4 is 34.2 Å². The van der Waals surface area contributed by atoms with E-state index in [1.807, 2.05) is 24.3 Å². The van der Waals surface area contributed by atoms with Crippen LogP contribution in [0.3, 0.4) is 0 Å². The van der Waals surface area contributed by atoms with Crippen LogP contribution in [-0.2, 0) is 13.0 Å². The smallest absolute Gasteiger partial charge is 0.111 e. The number of rotatable bonds is 4. The molecule has 0 spiro atoms. The molecule has 0 aliphatic carbocycles. The van der Waals surface area contributed by atoms with E-state index in [1.54, 1.807) is 0 Å². The Morgan fingerprint density at radius 2 is 1.95 bits per heavy atom. The molecule has 3 rings (SSSR count). The summed E-state index contributed by atoms with van der Waals surface area (Å²) in [6.07, 6.45) is 0.750. The molecule has 21 heavy (non-hydrogen) atoms. The maximum atomic E-state index is 6.29. The lowest BCUT2D eigenvalue weighted by molar-refractivity contribution is 0.755. The van der Waals surface area contributed by atoms with E-state index in [0.29, 0.717) is 12.4 Å². The molecule has 0 N–H and O–H groups in total. The minimum Gasteiger partial charge on any atom is -0.323 e. The van der Waals surface area contributed by atoms with Gasteiger partial charge in [0.15, 0.2) is 0 Å². The Morgan fingerprint density at radius 3 is 2.71 bits per heavy atom. The Bertz CT molecular complexity index is 778. The number of aromatic nitrogens is 2. The van der Waals surface area contributed by atoms with E-state index >= 15 is 0 Å². The fourth-order valence-corrected chi connectivity index (χ4v) is 2.90. The molecule has 0 saturated carbocycles. The van der Waals surface area contributed by atoms with Crippen molar-refractivity contribution in [2.45, 2.75) is 19.9 Å². The van der Waals surface area contributed by atoms with Gasteiger partial charge in [0.1, 0.15) is 5.82 Å². The summed E-state index contributed by atoms with van der Waals surface area (Å²) >= 11 is 12.2. The average Bonchev–Trinajstić information content (AvgIpc) is 2.79. The maximum Gasteiger partial charge on any atom is 0.111 e. The number of hydrogen-bond acceptors (Lipinski definition) is 1. The third kappa shape index (κ3) is 2.92. The molecule has 0 amide bonds. The van der Waals surface area contributed by atoms with E-state index in [9.17, 15) is 0 Å². The number of aryl methyl sites for hydroxylation is 2. The summed E-state index contributed by atoms with van der Waals surface area (Å²) in [4.78, 5) is 4.72. The van der Waals surface area contributed by atoms with Crippen LogP contribution in [-0.4, -0.2) is 15.4 Å². The fraction of sp³-hybridized carbons (Fsp3) is 0.235. The lowest BCUT2D eigenvalue weighted by atomic mass is 10.2. The maximum absolute atomic E-state index is 6.29. The number of benzene rings is 2. The first-order chi connectivity index (χ1) is 10.2. The molecule has 2 nitrogen and oxygen atoms in total. The van der Waals surface area contributed by atoms with Crippen LogP contribution >= 0.6 is 23.2 Å². The number of nitrogens with zero attached hydrogens (tertiary/aromatic N) is 2. The second kappa shape index (κ2) is 6.08. The molecule has 0 radical (unpaired) electrons. The largest absolute Gasteiger partial charge is 0.323 e. The number of alkyl halides is 1. The molecule has 0 bridgehead atoms. The summed E-state index contributed by atoms with van der Waals surface area (Å²) in [5.74, 6) is 1.57. The number of imidazole rings is 1. The van der Waals surface area contributed by atoms with Gasteiger partial charge in [-0.25, -0.2) is 4.98 Å². The molecule has 108 valence electrons. The highest BCUT2D eigenvalue weighted by Crippen LogP contribution is 2.23. The molecule has 1 aromatic heterocycles. The van der Waals surface area contributed by atoms with Gasteiger partial charge in [-0.1, -0.05) is 35.9 Å². The molecule has 0 unspecified atom stereocenters. The molecule has 0 fully saturated rings. The predicted octanol–water partition coefficient (Wildman–Crippen LogP) is 4.83. The standard InChI is InChI=1S/C17H16Cl2N2/c1-12-6-7-16-15(10-12)20-17(8-9-18)21(16)11-13-4-2-3-5-14(13)19/h2-7,10H,8-9,11H2,1H3. The summed E-state index contributed by atoms with van der Waals surface area (Å²) in [6.45, 7) is 2.79. The van der Waals surface area contributed by atoms with Crippen molar-refractivity contribution in [1.29, 1.82) is 0 Å². The lowest BCUT2D eigenvalue weighted by Gasteiger charge is -2.10. The normalized spacial score (nSPS) is 11.2. The van der Waals surface area contributed by atoms with E-state index in [4.69, 9.17) is 28.2 Å². The Balaban J connectivity index is 2.11. The predicted molar refractivity (Wildman–Crippen MR) is 89.4 cm³/mol. The van der Waals surface area contributed by atoms with E-state index in [0.717, 1.165) is 33.9 Å². The van der Waals surface area contributed by atoms with Crippen LogP contribution in [0.15, 0.2) is 42.5 Å². The molecular weight excluding hydrogens is 303 g/mol. The minimum absolute atomic E-state index is 0.560. The van der Waals surface area contributed by atoms with Gasteiger partial charge in [-0.2, -0.15) is 0 Å². The summed E-state index contributed by atoms with van der Waals surface area (Å²) < 4.78 is 2.21. The highest BCUT2D eigenvalue weighted by Gasteiger charge is 2.12. The fourth-order valence-electron chi connectivity index (χ4n) is 2.54. The molecule has 1 heterocycles. The van der Waals surface area contributed by atoms with Gasteiger partial charge < -0.3 is 4.57 Å². The van der Waals surface area contributed by atoms with E-state index in [-0.39, 0.29) is 0 Å². The monoisotopic (exact) mass is 318 g/mol. The van der Waals surface area contributed by atoms with E-state index in [2.05, 4.69) is 29.7 Å². The van der Waals surface area contributed by atoms with Gasteiger partial charge in [0.2, 0.25) is 0 Å². The van der Waals surface area contributed by atoms with Gasteiger partial charge in [0.05, 0.1) is 17.6 Å². The van der Waals surface area contributed by atoms with E-state index in [1.165, 1.54) is 5.56 Å². The number of halogens is 2. The first kappa shape index (κ1) is 14.4. The number of hydrogen-bond donors (Lipinski definition) is 0. The number of fused-ring (bicyclic) bond motifs is 1. The summed E-state index contributed by atoms with van der Waals surface area (Å²) in [5.41, 5.74) is 4.44. The molecule has 3 aromatic rings. The zero-order chi connectivity index (χ0) is 14.8. The van der Waals surface area contributed by atoms with Crippen LogP contribution in [0.1, 0.15) is 17.0 Å². The van der Waals surface area contributed by atoms with Crippen LogP contribution in [0, 0.1) is 6.92 Å². The van der Waals surface area contributed by atoms with Crippen molar-refractivity contribution < 1.29 is 0 Å². The zero-order valence-corrected chi connectivity index (χ0v) is 13.3. The van der Waals surface area contributed by atoms with Gasteiger partial charge in [-0.3, -0.25) is 0 Å². The summed E-state index contributed by atoms with van der Waals surface area (Å²) in [6, 6.07) is 14.3. The molecule has 0 saturated heterocycles. The first-order valence-corrected chi connectivity index (χ1v) is 7.85. The summed E-state index contributed by atoms with van der Waals surface area (Å²) in [7, 11) is 0. The van der Waals surface area contributed by atoms with Crippen molar-refractivity contribution in [2.75, 3.05) is 5.88 Å². The lowest BCUT2D eigenvalue weighted by Crippen LogP contribution is -2.06. The Morgan fingerprint density at radius 1 is 1.14 bits per heavy atom. The third-order valence-electron chi connectivity index (χ3n) is 3.59. The van der Waals surface area contributed by atoms with Gasteiger partial charge in [0.25, 0.3) is 0 Å².